The van der Waals surface area contributed by atoms with Crippen LogP contribution in [0.3, 0.4) is 0 Å². The molecule has 0 saturated carbocycles. The molecular weight excluding hydrogens is 303 g/mol. The molecule has 0 bridgehead atoms. The molecule has 0 aromatic carbocycles. The standard InChI is InChI=1S/C10H13N4O6P/c1-5-3-13(2)7-6(5)8(11)12-14(9(7)15)10(16)19-4-20-21(17)18/h3,21H,4H2,1-2H3,(H2,11,12)(H,17,18). The molecule has 0 fully saturated rings. The zero-order valence-corrected chi connectivity index (χ0v) is 12.2. The van der Waals surface area contributed by atoms with Crippen molar-refractivity contribution >= 4 is 31.1 Å². The van der Waals surface area contributed by atoms with Gasteiger partial charge in [0.15, 0.2) is 5.82 Å². The van der Waals surface area contributed by atoms with E-state index in [0.29, 0.717) is 10.1 Å². The Labute approximate surface area is 118 Å². The van der Waals surface area contributed by atoms with Gasteiger partial charge in [0.25, 0.3) is 0 Å². The Bertz CT molecular complexity index is 795. The third-order valence-corrected chi connectivity index (χ3v) is 3.13. The van der Waals surface area contributed by atoms with Crippen molar-refractivity contribution in [3.05, 3.63) is 22.1 Å². The number of nitrogens with zero attached hydrogens (tertiary/aromatic N) is 3. The van der Waals surface area contributed by atoms with Crippen molar-refractivity contribution < 1.29 is 23.5 Å². The summed E-state index contributed by atoms with van der Waals surface area (Å²) in [5.41, 5.74) is 5.98. The summed E-state index contributed by atoms with van der Waals surface area (Å²) in [6.45, 7) is 0.987. The second-order valence-electron chi connectivity index (χ2n) is 4.19. The lowest BCUT2D eigenvalue weighted by Crippen LogP contribution is -2.32. The van der Waals surface area contributed by atoms with Gasteiger partial charge in [-0.1, -0.05) is 0 Å². The number of hydrogen-bond donors (Lipinski definition) is 2. The van der Waals surface area contributed by atoms with Gasteiger partial charge in [0.05, 0.1) is 5.39 Å². The molecule has 2 aromatic rings. The molecule has 0 spiro atoms. The first-order valence-corrected chi connectivity index (χ1v) is 6.96. The number of anilines is 1. The van der Waals surface area contributed by atoms with Gasteiger partial charge >= 0.3 is 19.9 Å². The van der Waals surface area contributed by atoms with E-state index in [2.05, 4.69) is 14.4 Å². The monoisotopic (exact) mass is 316 g/mol. The van der Waals surface area contributed by atoms with Crippen LogP contribution in [0.25, 0.3) is 10.9 Å². The highest BCUT2D eigenvalue weighted by atomic mass is 31.1. The number of rotatable bonds is 3. The second kappa shape index (κ2) is 5.68. The first-order valence-electron chi connectivity index (χ1n) is 5.70. The SMILES string of the molecule is Cc1cn(C)c2c(=O)n(C(=O)OCO[PH](=O)O)nc(N)c12. The van der Waals surface area contributed by atoms with E-state index < -0.39 is 26.7 Å². The maximum Gasteiger partial charge on any atom is 0.440 e. The summed E-state index contributed by atoms with van der Waals surface area (Å²) >= 11 is 0. The molecule has 2 aromatic heterocycles. The molecule has 0 aliphatic rings. The quantitative estimate of drug-likeness (QED) is 0.594. The van der Waals surface area contributed by atoms with Crippen LogP contribution in [0.2, 0.25) is 0 Å². The van der Waals surface area contributed by atoms with Crippen molar-refractivity contribution in [2.45, 2.75) is 6.92 Å². The Balaban J connectivity index is 2.44. The van der Waals surface area contributed by atoms with Crippen LogP contribution >= 0.6 is 8.25 Å². The van der Waals surface area contributed by atoms with Crippen LogP contribution in [0.15, 0.2) is 11.0 Å². The van der Waals surface area contributed by atoms with Crippen LogP contribution < -0.4 is 11.3 Å². The number of nitrogens with two attached hydrogens (primary N) is 1. The van der Waals surface area contributed by atoms with E-state index in [9.17, 15) is 14.2 Å². The first kappa shape index (κ1) is 15.2. The summed E-state index contributed by atoms with van der Waals surface area (Å²) in [4.78, 5) is 32.4. The summed E-state index contributed by atoms with van der Waals surface area (Å²) in [5, 5.41) is 4.14. The minimum atomic E-state index is -3.23. The molecule has 10 nitrogen and oxygen atoms in total. The molecule has 1 unspecified atom stereocenters. The lowest BCUT2D eigenvalue weighted by Gasteiger charge is -2.07. The molecule has 1 atom stereocenters. The fourth-order valence-corrected chi connectivity index (χ4v) is 2.14. The Morgan fingerprint density at radius 1 is 1.57 bits per heavy atom. The molecule has 0 radical (unpaired) electrons. The summed E-state index contributed by atoms with van der Waals surface area (Å²) in [7, 11) is -1.60. The van der Waals surface area contributed by atoms with Crippen molar-refractivity contribution in [1.29, 1.82) is 0 Å². The minimum Gasteiger partial charge on any atom is -0.420 e. The normalized spacial score (nSPS) is 12.5. The Morgan fingerprint density at radius 2 is 2.24 bits per heavy atom. The number of carbonyl (C=O) groups is 1. The topological polar surface area (TPSA) is 139 Å². The highest BCUT2D eigenvalue weighted by Crippen LogP contribution is 2.21. The molecule has 21 heavy (non-hydrogen) atoms. The van der Waals surface area contributed by atoms with Gasteiger partial charge in [0.2, 0.25) is 6.79 Å². The lowest BCUT2D eigenvalue weighted by molar-refractivity contribution is 0.0562. The van der Waals surface area contributed by atoms with Crippen LogP contribution in [-0.2, 0) is 20.9 Å². The predicted molar refractivity (Wildman–Crippen MR) is 73.2 cm³/mol. The van der Waals surface area contributed by atoms with Gasteiger partial charge in [0, 0.05) is 13.2 Å². The van der Waals surface area contributed by atoms with Gasteiger partial charge in [0.1, 0.15) is 5.52 Å². The lowest BCUT2D eigenvalue weighted by atomic mass is 10.2. The van der Waals surface area contributed by atoms with Crippen molar-refractivity contribution in [1.82, 2.24) is 14.3 Å². The third-order valence-electron chi connectivity index (χ3n) is 2.77. The van der Waals surface area contributed by atoms with Gasteiger partial charge in [-0.25, -0.2) is 4.79 Å². The highest BCUT2D eigenvalue weighted by Gasteiger charge is 2.19. The summed E-state index contributed by atoms with van der Waals surface area (Å²) in [6, 6.07) is 0. The van der Waals surface area contributed by atoms with Gasteiger partial charge in [-0.3, -0.25) is 13.9 Å². The minimum absolute atomic E-state index is 0.00342. The molecule has 0 aliphatic heterocycles. The average Bonchev–Trinajstić information content (AvgIpc) is 2.69. The van der Waals surface area contributed by atoms with Gasteiger partial charge in [-0.15, -0.1) is 9.78 Å². The van der Waals surface area contributed by atoms with Crippen LogP contribution in [-0.4, -0.2) is 32.1 Å². The number of nitrogen functional groups attached to an aromatic ring is 1. The Kier molecular flexibility index (Phi) is 4.12. The van der Waals surface area contributed by atoms with E-state index in [0.717, 1.165) is 5.56 Å². The van der Waals surface area contributed by atoms with E-state index in [1.54, 1.807) is 20.2 Å². The summed E-state index contributed by atoms with van der Waals surface area (Å²) in [5.74, 6) is -0.00342. The molecule has 2 rings (SSSR count). The van der Waals surface area contributed by atoms with Crippen molar-refractivity contribution in [3.8, 4) is 0 Å². The van der Waals surface area contributed by atoms with E-state index in [4.69, 9.17) is 10.6 Å². The predicted octanol–water partition coefficient (Wildman–Crippen LogP) is -0.0336. The van der Waals surface area contributed by atoms with Crippen LogP contribution in [0.5, 0.6) is 0 Å². The maximum absolute atomic E-state index is 12.2. The molecule has 0 aliphatic carbocycles. The molecule has 11 heteroatoms. The Hall–Kier alpha value is -2.16. The average molecular weight is 316 g/mol. The number of ether oxygens (including phenoxy) is 1. The molecule has 3 N–H and O–H groups in total. The zero-order valence-electron chi connectivity index (χ0n) is 11.2. The molecule has 0 saturated heterocycles. The number of hydrogen-bond acceptors (Lipinski definition) is 7. The Morgan fingerprint density at radius 3 is 2.86 bits per heavy atom. The molecule has 114 valence electrons. The number of aryl methyl sites for hydroxylation is 2. The molecule has 0 amide bonds. The van der Waals surface area contributed by atoms with E-state index in [1.807, 2.05) is 0 Å². The fourth-order valence-electron chi connectivity index (χ4n) is 1.98. The maximum atomic E-state index is 12.2. The van der Waals surface area contributed by atoms with Crippen molar-refractivity contribution in [3.63, 3.8) is 0 Å². The third kappa shape index (κ3) is 2.82. The highest BCUT2D eigenvalue weighted by molar-refractivity contribution is 7.32. The van der Waals surface area contributed by atoms with E-state index >= 15 is 0 Å². The van der Waals surface area contributed by atoms with Crippen molar-refractivity contribution in [2.24, 2.45) is 7.05 Å². The summed E-state index contributed by atoms with van der Waals surface area (Å²) in [6.07, 6.45) is 0.525. The van der Waals surface area contributed by atoms with E-state index in [1.165, 1.54) is 4.57 Å². The van der Waals surface area contributed by atoms with Gasteiger partial charge in [-0.05, 0) is 12.5 Å². The number of carbonyl (C=O) groups excluding carboxylic acids is 1. The number of fused-ring (bicyclic) bond motifs is 1. The van der Waals surface area contributed by atoms with Crippen LogP contribution in [0.4, 0.5) is 10.6 Å². The fraction of sp³-hybridized carbons (Fsp3) is 0.300. The zero-order chi connectivity index (χ0) is 15.7. The second-order valence-corrected chi connectivity index (χ2v) is 5.01. The first-order chi connectivity index (χ1) is 9.82. The van der Waals surface area contributed by atoms with Crippen molar-refractivity contribution in [2.75, 3.05) is 12.5 Å². The largest absolute Gasteiger partial charge is 0.440 e. The van der Waals surface area contributed by atoms with E-state index in [-0.39, 0.29) is 11.3 Å². The smallest absolute Gasteiger partial charge is 0.420 e. The van der Waals surface area contributed by atoms with Gasteiger partial charge in [-0.2, -0.15) is 0 Å². The number of aromatic nitrogens is 3. The molecular formula is C10H13N4O6P. The summed E-state index contributed by atoms with van der Waals surface area (Å²) < 4.78 is 21.0. The van der Waals surface area contributed by atoms with Gasteiger partial charge < -0.3 is 19.9 Å². The van der Waals surface area contributed by atoms with Crippen LogP contribution in [0, 0.1) is 6.92 Å². The van der Waals surface area contributed by atoms with Crippen LogP contribution in [0.1, 0.15) is 5.56 Å². The molecule has 2 heterocycles.